The molecule has 1 amide bonds. The van der Waals surface area contributed by atoms with Gasteiger partial charge in [0.15, 0.2) is 5.96 Å². The molecule has 1 rings (SSSR count). The highest BCUT2D eigenvalue weighted by Crippen LogP contribution is 2.10. The van der Waals surface area contributed by atoms with Crippen LogP contribution in [0, 0.1) is 0 Å². The van der Waals surface area contributed by atoms with Crippen molar-refractivity contribution in [1.29, 1.82) is 0 Å². The van der Waals surface area contributed by atoms with Gasteiger partial charge >= 0.3 is 0 Å². The molecular formula is C14H21BrN4O. The van der Waals surface area contributed by atoms with E-state index in [1.807, 2.05) is 32.9 Å². The fourth-order valence-electron chi connectivity index (χ4n) is 1.47. The molecule has 20 heavy (non-hydrogen) atoms. The fraction of sp³-hybridized carbons (Fsp3) is 0.429. The maximum absolute atomic E-state index is 11.8. The van der Waals surface area contributed by atoms with Crippen LogP contribution in [0.2, 0.25) is 0 Å². The molecule has 0 aliphatic carbocycles. The van der Waals surface area contributed by atoms with Gasteiger partial charge in [-0.05, 0) is 45.0 Å². The van der Waals surface area contributed by atoms with Crippen molar-refractivity contribution in [3.8, 4) is 0 Å². The monoisotopic (exact) mass is 340 g/mol. The number of amides is 1. The minimum Gasteiger partial charge on any atom is -0.370 e. The number of benzene rings is 1. The molecule has 5 nitrogen and oxygen atoms in total. The molecule has 0 saturated carbocycles. The average molecular weight is 341 g/mol. The Morgan fingerprint density at radius 2 is 1.90 bits per heavy atom. The van der Waals surface area contributed by atoms with E-state index in [4.69, 9.17) is 5.73 Å². The Morgan fingerprint density at radius 1 is 1.30 bits per heavy atom. The van der Waals surface area contributed by atoms with Crippen LogP contribution in [0.5, 0.6) is 0 Å². The van der Waals surface area contributed by atoms with E-state index in [9.17, 15) is 4.79 Å². The smallest absolute Gasteiger partial charge is 0.251 e. The van der Waals surface area contributed by atoms with Crippen molar-refractivity contribution in [2.45, 2.75) is 26.3 Å². The number of nitrogens with one attached hydrogen (secondary N) is 2. The summed E-state index contributed by atoms with van der Waals surface area (Å²) >= 11 is 3.33. The minimum atomic E-state index is -0.117. The number of carbonyl (C=O) groups excluding carboxylic acids is 1. The normalized spacial score (nSPS) is 12.1. The molecule has 0 aromatic heterocycles. The first-order valence-corrected chi connectivity index (χ1v) is 7.19. The van der Waals surface area contributed by atoms with Gasteiger partial charge in [-0.15, -0.1) is 0 Å². The van der Waals surface area contributed by atoms with Gasteiger partial charge in [-0.25, -0.2) is 0 Å². The lowest BCUT2D eigenvalue weighted by atomic mass is 10.1. The molecule has 0 saturated heterocycles. The molecule has 0 aliphatic heterocycles. The number of nitrogens with two attached hydrogens (primary N) is 1. The van der Waals surface area contributed by atoms with Crippen LogP contribution in [0.15, 0.2) is 33.7 Å². The Labute approximate surface area is 128 Å². The van der Waals surface area contributed by atoms with Crippen molar-refractivity contribution in [3.05, 3.63) is 34.3 Å². The summed E-state index contributed by atoms with van der Waals surface area (Å²) in [6, 6.07) is 7.19. The molecule has 1 aromatic carbocycles. The second-order valence-electron chi connectivity index (χ2n) is 5.40. The van der Waals surface area contributed by atoms with E-state index >= 15 is 0 Å². The van der Waals surface area contributed by atoms with Crippen LogP contribution in [-0.2, 0) is 0 Å². The van der Waals surface area contributed by atoms with Gasteiger partial charge in [0.2, 0.25) is 0 Å². The number of aliphatic imine (C=N–C) groups is 1. The second kappa shape index (κ2) is 7.28. The molecule has 0 spiro atoms. The van der Waals surface area contributed by atoms with Crippen LogP contribution in [0.25, 0.3) is 0 Å². The number of carbonyl (C=O) groups is 1. The van der Waals surface area contributed by atoms with E-state index in [2.05, 4.69) is 31.6 Å². The van der Waals surface area contributed by atoms with Crippen LogP contribution >= 0.6 is 15.9 Å². The first-order chi connectivity index (χ1) is 9.28. The Hall–Kier alpha value is -1.56. The largest absolute Gasteiger partial charge is 0.370 e. The van der Waals surface area contributed by atoms with E-state index in [0.717, 1.165) is 4.47 Å². The molecule has 0 atom stereocenters. The van der Waals surface area contributed by atoms with Gasteiger partial charge in [-0.1, -0.05) is 15.9 Å². The number of halogens is 1. The van der Waals surface area contributed by atoms with Crippen LogP contribution < -0.4 is 16.4 Å². The van der Waals surface area contributed by atoms with E-state index < -0.39 is 0 Å². The number of nitrogens with zero attached hydrogens (tertiary/aromatic N) is 1. The Bertz CT molecular complexity index is 477. The molecule has 1 aromatic rings. The van der Waals surface area contributed by atoms with Gasteiger partial charge in [0.25, 0.3) is 5.91 Å². The third-order valence-electron chi connectivity index (χ3n) is 2.29. The predicted octanol–water partition coefficient (Wildman–Crippen LogP) is 1.88. The maximum Gasteiger partial charge on any atom is 0.251 e. The Kier molecular flexibility index (Phi) is 6.01. The lowest BCUT2D eigenvalue weighted by Crippen LogP contribution is -2.45. The zero-order chi connectivity index (χ0) is 15.2. The van der Waals surface area contributed by atoms with Crippen LogP contribution in [0.4, 0.5) is 0 Å². The third-order valence-corrected chi connectivity index (χ3v) is 2.82. The van der Waals surface area contributed by atoms with Gasteiger partial charge in [-0.2, -0.15) is 0 Å². The molecule has 0 unspecified atom stereocenters. The van der Waals surface area contributed by atoms with Crippen molar-refractivity contribution in [1.82, 2.24) is 10.6 Å². The number of guanidine groups is 1. The van der Waals surface area contributed by atoms with Crippen molar-refractivity contribution in [2.75, 3.05) is 13.1 Å². The van der Waals surface area contributed by atoms with E-state index in [1.54, 1.807) is 12.1 Å². The van der Waals surface area contributed by atoms with Crippen molar-refractivity contribution < 1.29 is 4.79 Å². The van der Waals surface area contributed by atoms with Gasteiger partial charge in [0.1, 0.15) is 0 Å². The zero-order valence-corrected chi connectivity index (χ0v) is 13.6. The number of hydrogen-bond acceptors (Lipinski definition) is 2. The minimum absolute atomic E-state index is 0.116. The first-order valence-electron chi connectivity index (χ1n) is 6.40. The lowest BCUT2D eigenvalue weighted by molar-refractivity contribution is 0.0955. The Morgan fingerprint density at radius 3 is 2.45 bits per heavy atom. The summed E-state index contributed by atoms with van der Waals surface area (Å²) in [7, 11) is 0. The van der Waals surface area contributed by atoms with Crippen molar-refractivity contribution in [3.63, 3.8) is 0 Å². The fourth-order valence-corrected chi connectivity index (χ4v) is 1.74. The average Bonchev–Trinajstić information content (AvgIpc) is 2.33. The summed E-state index contributed by atoms with van der Waals surface area (Å²) in [6.07, 6.45) is 0. The molecule has 0 heterocycles. The molecule has 0 bridgehead atoms. The summed E-state index contributed by atoms with van der Waals surface area (Å²) in [4.78, 5) is 16.0. The molecule has 0 radical (unpaired) electrons. The third kappa shape index (κ3) is 6.56. The number of rotatable bonds is 4. The van der Waals surface area contributed by atoms with Crippen molar-refractivity contribution in [2.24, 2.45) is 10.7 Å². The highest BCUT2D eigenvalue weighted by molar-refractivity contribution is 9.10. The zero-order valence-electron chi connectivity index (χ0n) is 12.0. The summed E-state index contributed by atoms with van der Waals surface area (Å²) in [5.74, 6) is 0.269. The SMILES string of the molecule is CC(C)(C)NC(N)=NCCNC(=O)c1ccc(Br)cc1. The van der Waals surface area contributed by atoms with Crippen LogP contribution in [0.1, 0.15) is 31.1 Å². The molecule has 6 heteroatoms. The van der Waals surface area contributed by atoms with E-state index in [1.165, 1.54) is 0 Å². The Balaban J connectivity index is 2.36. The molecule has 0 fully saturated rings. The summed E-state index contributed by atoms with van der Waals surface area (Å²) in [6.45, 7) is 6.90. The highest BCUT2D eigenvalue weighted by Gasteiger charge is 2.09. The van der Waals surface area contributed by atoms with Crippen LogP contribution in [-0.4, -0.2) is 30.5 Å². The van der Waals surface area contributed by atoms with Gasteiger partial charge < -0.3 is 16.4 Å². The topological polar surface area (TPSA) is 79.5 Å². The van der Waals surface area contributed by atoms with E-state index in [-0.39, 0.29) is 11.4 Å². The van der Waals surface area contributed by atoms with Gasteiger partial charge in [0.05, 0.1) is 6.54 Å². The number of hydrogen-bond donors (Lipinski definition) is 3. The van der Waals surface area contributed by atoms with Crippen molar-refractivity contribution >= 4 is 27.8 Å². The highest BCUT2D eigenvalue weighted by atomic mass is 79.9. The van der Waals surface area contributed by atoms with Gasteiger partial charge in [0, 0.05) is 22.1 Å². The lowest BCUT2D eigenvalue weighted by Gasteiger charge is -2.20. The standard InChI is InChI=1S/C14H21BrN4O/c1-14(2,3)19-13(16)18-9-8-17-12(20)10-4-6-11(15)7-5-10/h4-7H,8-9H2,1-3H3,(H,17,20)(H3,16,18,19). The predicted molar refractivity (Wildman–Crippen MR) is 85.9 cm³/mol. The quantitative estimate of drug-likeness (QED) is 0.444. The summed E-state index contributed by atoms with van der Waals surface area (Å²) in [5, 5.41) is 5.85. The molecule has 0 aliphatic rings. The summed E-state index contributed by atoms with van der Waals surface area (Å²) < 4.78 is 0.944. The molecule has 110 valence electrons. The second-order valence-corrected chi connectivity index (χ2v) is 6.32. The van der Waals surface area contributed by atoms with E-state index in [0.29, 0.717) is 24.6 Å². The first kappa shape index (κ1) is 16.5. The van der Waals surface area contributed by atoms with Gasteiger partial charge in [-0.3, -0.25) is 9.79 Å². The van der Waals surface area contributed by atoms with Crippen LogP contribution in [0.3, 0.4) is 0 Å². The maximum atomic E-state index is 11.8. The summed E-state index contributed by atoms with van der Waals surface area (Å²) in [5.41, 5.74) is 6.23. The molecular weight excluding hydrogens is 320 g/mol. The molecule has 4 N–H and O–H groups in total.